The third kappa shape index (κ3) is 2.50. The van der Waals surface area contributed by atoms with Gasteiger partial charge in [-0.25, -0.2) is 4.79 Å². The van der Waals surface area contributed by atoms with E-state index in [-0.39, 0.29) is 12.0 Å². The summed E-state index contributed by atoms with van der Waals surface area (Å²) in [6, 6.07) is 3.88. The molecule has 0 amide bonds. The van der Waals surface area contributed by atoms with E-state index in [2.05, 4.69) is 25.2 Å². The molecule has 0 fully saturated rings. The Hall–Kier alpha value is -1.51. The van der Waals surface area contributed by atoms with Crippen LogP contribution in [0.15, 0.2) is 12.1 Å². The standard InChI is InChI=1S/C15H21NO2/c1-9-6-7-12-11(10(9)2)8-13(16-12)14(17)18-15(3,4)5/h6-7,13,16H,8H2,1-5H3. The summed E-state index contributed by atoms with van der Waals surface area (Å²) in [6.07, 6.45) is 0.720. The third-order valence-corrected chi connectivity index (χ3v) is 3.30. The fourth-order valence-electron chi connectivity index (χ4n) is 2.23. The molecule has 1 aromatic rings. The highest BCUT2D eigenvalue weighted by molar-refractivity contribution is 5.83. The second-order valence-corrected chi connectivity index (χ2v) is 5.97. The number of aryl methyl sites for hydroxylation is 1. The van der Waals surface area contributed by atoms with Gasteiger partial charge in [0.05, 0.1) is 0 Å². The van der Waals surface area contributed by atoms with E-state index < -0.39 is 5.60 Å². The van der Waals surface area contributed by atoms with E-state index in [4.69, 9.17) is 4.74 Å². The highest BCUT2D eigenvalue weighted by Crippen LogP contribution is 2.31. The highest BCUT2D eigenvalue weighted by Gasteiger charge is 2.31. The Morgan fingerprint density at radius 1 is 1.33 bits per heavy atom. The van der Waals surface area contributed by atoms with E-state index in [9.17, 15) is 4.79 Å². The van der Waals surface area contributed by atoms with Gasteiger partial charge < -0.3 is 10.1 Å². The largest absolute Gasteiger partial charge is 0.458 e. The lowest BCUT2D eigenvalue weighted by Gasteiger charge is -2.22. The molecule has 1 aliphatic heterocycles. The maximum Gasteiger partial charge on any atom is 0.329 e. The molecule has 0 bridgehead atoms. The van der Waals surface area contributed by atoms with Crippen molar-refractivity contribution in [1.82, 2.24) is 0 Å². The fourth-order valence-corrected chi connectivity index (χ4v) is 2.23. The van der Waals surface area contributed by atoms with Crippen LogP contribution in [0.3, 0.4) is 0 Å². The van der Waals surface area contributed by atoms with Crippen LogP contribution in [0, 0.1) is 13.8 Å². The first-order chi connectivity index (χ1) is 8.28. The van der Waals surface area contributed by atoms with E-state index in [0.29, 0.717) is 0 Å². The topological polar surface area (TPSA) is 38.3 Å². The molecule has 1 N–H and O–H groups in total. The Morgan fingerprint density at radius 3 is 2.61 bits per heavy atom. The number of rotatable bonds is 1. The Morgan fingerprint density at radius 2 is 2.00 bits per heavy atom. The number of fused-ring (bicyclic) bond motifs is 1. The van der Waals surface area contributed by atoms with Crippen molar-refractivity contribution in [2.45, 2.75) is 52.7 Å². The molecule has 98 valence electrons. The quantitative estimate of drug-likeness (QED) is 0.775. The van der Waals surface area contributed by atoms with Crippen molar-refractivity contribution >= 4 is 11.7 Å². The molecule has 18 heavy (non-hydrogen) atoms. The van der Waals surface area contributed by atoms with Crippen LogP contribution < -0.4 is 5.32 Å². The van der Waals surface area contributed by atoms with Crippen molar-refractivity contribution in [2.24, 2.45) is 0 Å². The number of hydrogen-bond acceptors (Lipinski definition) is 3. The predicted molar refractivity (Wildman–Crippen MR) is 72.9 cm³/mol. The van der Waals surface area contributed by atoms with E-state index in [0.717, 1.165) is 12.1 Å². The van der Waals surface area contributed by atoms with Crippen LogP contribution in [0.4, 0.5) is 5.69 Å². The lowest BCUT2D eigenvalue weighted by molar-refractivity contribution is -0.155. The molecule has 1 aliphatic rings. The van der Waals surface area contributed by atoms with Crippen molar-refractivity contribution in [1.29, 1.82) is 0 Å². The van der Waals surface area contributed by atoms with Crippen LogP contribution in [0.5, 0.6) is 0 Å². The average molecular weight is 247 g/mol. The Labute approximate surface area is 109 Å². The first-order valence-electron chi connectivity index (χ1n) is 6.36. The van der Waals surface area contributed by atoms with E-state index in [1.807, 2.05) is 26.8 Å². The number of nitrogens with one attached hydrogen (secondary N) is 1. The molecule has 3 nitrogen and oxygen atoms in total. The summed E-state index contributed by atoms with van der Waals surface area (Å²) in [5, 5.41) is 3.25. The summed E-state index contributed by atoms with van der Waals surface area (Å²) < 4.78 is 5.42. The summed E-state index contributed by atoms with van der Waals surface area (Å²) >= 11 is 0. The maximum absolute atomic E-state index is 12.0. The van der Waals surface area contributed by atoms with Gasteiger partial charge in [-0.1, -0.05) is 6.07 Å². The van der Waals surface area contributed by atoms with E-state index in [1.54, 1.807) is 0 Å². The van der Waals surface area contributed by atoms with Crippen LogP contribution in [0.1, 0.15) is 37.5 Å². The van der Waals surface area contributed by atoms with Gasteiger partial charge in [-0.3, -0.25) is 0 Å². The van der Waals surface area contributed by atoms with Crippen molar-refractivity contribution in [3.63, 3.8) is 0 Å². The fraction of sp³-hybridized carbons (Fsp3) is 0.533. The molecule has 3 heteroatoms. The highest BCUT2D eigenvalue weighted by atomic mass is 16.6. The number of benzene rings is 1. The first-order valence-corrected chi connectivity index (χ1v) is 6.36. The third-order valence-electron chi connectivity index (χ3n) is 3.30. The molecule has 1 unspecified atom stereocenters. The van der Waals surface area contributed by atoms with Crippen molar-refractivity contribution in [3.8, 4) is 0 Å². The molecule has 1 aromatic carbocycles. The second kappa shape index (κ2) is 4.30. The van der Waals surface area contributed by atoms with Crippen LogP contribution in [-0.2, 0) is 16.0 Å². The molecular weight excluding hydrogens is 226 g/mol. The number of anilines is 1. The van der Waals surface area contributed by atoms with Crippen molar-refractivity contribution in [2.75, 3.05) is 5.32 Å². The monoisotopic (exact) mass is 247 g/mol. The zero-order valence-electron chi connectivity index (χ0n) is 11.8. The zero-order chi connectivity index (χ0) is 13.5. The molecule has 0 spiro atoms. The average Bonchev–Trinajstić information content (AvgIpc) is 2.66. The smallest absolute Gasteiger partial charge is 0.329 e. The summed E-state index contributed by atoms with van der Waals surface area (Å²) in [7, 11) is 0. The number of esters is 1. The van der Waals surface area contributed by atoms with E-state index in [1.165, 1.54) is 16.7 Å². The van der Waals surface area contributed by atoms with Gasteiger partial charge in [0.15, 0.2) is 0 Å². The number of hydrogen-bond donors (Lipinski definition) is 1. The zero-order valence-corrected chi connectivity index (χ0v) is 11.8. The number of carbonyl (C=O) groups excluding carboxylic acids is 1. The minimum absolute atomic E-state index is 0.171. The summed E-state index contributed by atoms with van der Waals surface area (Å²) in [6.45, 7) is 9.87. The molecule has 0 saturated heterocycles. The van der Waals surface area contributed by atoms with Gasteiger partial charge in [-0.2, -0.15) is 0 Å². The van der Waals surface area contributed by atoms with Gasteiger partial charge in [0.25, 0.3) is 0 Å². The molecule has 0 radical (unpaired) electrons. The summed E-state index contributed by atoms with van der Waals surface area (Å²) in [5.74, 6) is -0.171. The van der Waals surface area contributed by atoms with Crippen LogP contribution in [-0.4, -0.2) is 17.6 Å². The van der Waals surface area contributed by atoms with Crippen LogP contribution >= 0.6 is 0 Å². The molecule has 0 aromatic heterocycles. The van der Waals surface area contributed by atoms with E-state index >= 15 is 0 Å². The lowest BCUT2D eigenvalue weighted by Crippen LogP contribution is -2.35. The SMILES string of the molecule is Cc1ccc2c(c1C)CC(C(=O)OC(C)(C)C)N2. The summed E-state index contributed by atoms with van der Waals surface area (Å²) in [4.78, 5) is 12.0. The summed E-state index contributed by atoms with van der Waals surface area (Å²) in [5.41, 5.74) is 4.41. The van der Waals surface area contributed by atoms with Gasteiger partial charge in [0.1, 0.15) is 11.6 Å². The van der Waals surface area contributed by atoms with Gasteiger partial charge in [0.2, 0.25) is 0 Å². The van der Waals surface area contributed by atoms with Gasteiger partial charge in [0, 0.05) is 12.1 Å². The van der Waals surface area contributed by atoms with Gasteiger partial charge >= 0.3 is 5.97 Å². The predicted octanol–water partition coefficient (Wildman–Crippen LogP) is 2.98. The number of carbonyl (C=O) groups is 1. The maximum atomic E-state index is 12.0. The van der Waals surface area contributed by atoms with Gasteiger partial charge in [-0.15, -0.1) is 0 Å². The normalized spacial score (nSPS) is 18.2. The van der Waals surface area contributed by atoms with Gasteiger partial charge in [-0.05, 0) is 57.4 Å². The van der Waals surface area contributed by atoms with Crippen LogP contribution in [0.25, 0.3) is 0 Å². The molecule has 1 atom stereocenters. The first kappa shape index (κ1) is 12.9. The molecule has 1 heterocycles. The molecular formula is C15H21NO2. The second-order valence-electron chi connectivity index (χ2n) is 5.97. The number of ether oxygens (including phenoxy) is 1. The molecule has 0 saturated carbocycles. The van der Waals surface area contributed by atoms with Crippen LogP contribution in [0.2, 0.25) is 0 Å². The van der Waals surface area contributed by atoms with Crippen molar-refractivity contribution < 1.29 is 9.53 Å². The molecule has 0 aliphatic carbocycles. The Bertz CT molecular complexity index is 486. The Balaban J connectivity index is 2.15. The minimum Gasteiger partial charge on any atom is -0.458 e. The van der Waals surface area contributed by atoms with Crippen molar-refractivity contribution in [3.05, 3.63) is 28.8 Å². The molecule has 2 rings (SSSR count). The Kier molecular flexibility index (Phi) is 3.09. The lowest BCUT2D eigenvalue weighted by atomic mass is 10.00. The minimum atomic E-state index is -0.432.